The molecule has 2 rings (SSSR count). The Bertz CT molecular complexity index is 1490. The van der Waals surface area contributed by atoms with Crippen LogP contribution in [0.1, 0.15) is 94.2 Å². The van der Waals surface area contributed by atoms with Crippen LogP contribution in [-0.4, -0.2) is 76.5 Å². The maximum Gasteiger partial charge on any atom is 0.408 e. The minimum atomic E-state index is -1.07. The largest absolute Gasteiger partial charge is 0.480 e. The number of ether oxygens (including phenoxy) is 4. The number of carbonyl (C=O) groups excluding carboxylic acids is 5. The summed E-state index contributed by atoms with van der Waals surface area (Å²) in [6.07, 6.45) is -1.42. The van der Waals surface area contributed by atoms with Crippen molar-refractivity contribution < 1.29 is 52.8 Å². The normalized spacial score (nSPS) is 13.1. The van der Waals surface area contributed by atoms with Gasteiger partial charge in [-0.1, -0.05) is 88.4 Å². The number of rotatable bonds is 13. The first-order valence-corrected chi connectivity index (χ1v) is 18.0. The highest BCUT2D eigenvalue weighted by Gasteiger charge is 2.29. The Kier molecular flexibility index (Phi) is 22.0. The lowest BCUT2D eigenvalue weighted by Gasteiger charge is -2.25. The fourth-order valence-electron chi connectivity index (χ4n) is 3.98. The summed E-state index contributed by atoms with van der Waals surface area (Å²) >= 11 is 0. The number of amides is 3. The summed E-state index contributed by atoms with van der Waals surface area (Å²) in [7, 11) is 0. The van der Waals surface area contributed by atoms with Gasteiger partial charge in [-0.2, -0.15) is 0 Å². The molecule has 2 aromatic rings. The topological polar surface area (TPSA) is 222 Å². The lowest BCUT2D eigenvalue weighted by atomic mass is 10.0. The van der Waals surface area contributed by atoms with Gasteiger partial charge < -0.3 is 45.7 Å². The van der Waals surface area contributed by atoms with E-state index in [1.54, 1.807) is 55.4 Å². The molecule has 6 N–H and O–H groups in total. The Morgan fingerprint density at radius 3 is 1.27 bits per heavy atom. The Hall–Kier alpha value is -5.18. The molecule has 0 bridgehead atoms. The summed E-state index contributed by atoms with van der Waals surface area (Å²) in [5.74, 6) is -2.83. The van der Waals surface area contributed by atoms with E-state index in [1.165, 1.54) is 6.92 Å². The van der Waals surface area contributed by atoms with Gasteiger partial charge in [-0.25, -0.2) is 19.2 Å². The Labute approximate surface area is 325 Å². The summed E-state index contributed by atoms with van der Waals surface area (Å²) in [4.78, 5) is 69.7. The van der Waals surface area contributed by atoms with Crippen molar-refractivity contribution in [3.05, 3.63) is 71.8 Å². The fourth-order valence-corrected chi connectivity index (χ4v) is 3.98. The number of hydrogen-bond donors (Lipinski definition) is 5. The van der Waals surface area contributed by atoms with Gasteiger partial charge in [-0.3, -0.25) is 9.59 Å². The third-order valence-electron chi connectivity index (χ3n) is 6.75. The average Bonchev–Trinajstić information content (AvgIpc) is 3.07. The highest BCUT2D eigenvalue weighted by Crippen LogP contribution is 2.10. The van der Waals surface area contributed by atoms with E-state index in [0.717, 1.165) is 11.1 Å². The van der Waals surface area contributed by atoms with Crippen LogP contribution in [0.2, 0.25) is 0 Å². The highest BCUT2D eigenvalue weighted by molar-refractivity contribution is 5.89. The molecule has 2 aromatic carbocycles. The molecule has 0 saturated carbocycles. The third kappa shape index (κ3) is 24.0. The van der Waals surface area contributed by atoms with Gasteiger partial charge in [-0.15, -0.1) is 0 Å². The fraction of sp³-hybridized carbons (Fsp3) is 0.550. The molecule has 0 spiro atoms. The molecule has 0 aliphatic rings. The molecule has 4 atom stereocenters. The van der Waals surface area contributed by atoms with E-state index in [0.29, 0.717) is 0 Å². The molecule has 0 fully saturated rings. The van der Waals surface area contributed by atoms with Crippen molar-refractivity contribution in [1.29, 1.82) is 0 Å². The van der Waals surface area contributed by atoms with Crippen LogP contribution in [0.5, 0.6) is 0 Å². The Balaban J connectivity index is 0.000000891. The van der Waals surface area contributed by atoms with E-state index >= 15 is 0 Å². The van der Waals surface area contributed by atoms with Gasteiger partial charge >= 0.3 is 30.1 Å². The van der Waals surface area contributed by atoms with Crippen molar-refractivity contribution in [1.82, 2.24) is 16.0 Å². The Morgan fingerprint density at radius 2 is 0.964 bits per heavy atom. The molecule has 0 unspecified atom stereocenters. The van der Waals surface area contributed by atoms with Gasteiger partial charge in [0.2, 0.25) is 5.91 Å². The van der Waals surface area contributed by atoms with Crippen molar-refractivity contribution in [2.24, 2.45) is 17.6 Å². The molecule has 0 aliphatic heterocycles. The molecular weight excluding hydrogens is 712 g/mol. The van der Waals surface area contributed by atoms with Crippen molar-refractivity contribution in [2.45, 2.75) is 132 Å². The van der Waals surface area contributed by atoms with E-state index in [1.807, 2.05) is 81.4 Å². The first kappa shape index (κ1) is 49.8. The zero-order valence-corrected chi connectivity index (χ0v) is 34.3. The zero-order valence-electron chi connectivity index (χ0n) is 34.3. The number of aliphatic carboxylic acids is 1. The maximum atomic E-state index is 12.5. The monoisotopic (exact) mass is 774 g/mol. The first-order chi connectivity index (χ1) is 25.3. The minimum absolute atomic E-state index is 0.105. The van der Waals surface area contributed by atoms with Crippen LogP contribution >= 0.6 is 0 Å². The molecule has 0 aliphatic carbocycles. The number of alkyl carbamates (subject to hydrolysis) is 2. The van der Waals surface area contributed by atoms with Gasteiger partial charge in [-0.05, 0) is 78.4 Å². The number of carboxylic acid groups (broad SMARTS) is 1. The van der Waals surface area contributed by atoms with Gasteiger partial charge in [0.05, 0.1) is 0 Å². The molecule has 0 heterocycles. The van der Waals surface area contributed by atoms with Crippen molar-refractivity contribution in [3.8, 4) is 0 Å². The summed E-state index contributed by atoms with van der Waals surface area (Å²) < 4.78 is 20.3. The molecular formula is C40H62N4O11. The lowest BCUT2D eigenvalue weighted by molar-refractivity contribution is -0.158. The zero-order chi connectivity index (χ0) is 42.5. The van der Waals surface area contributed by atoms with Crippen LogP contribution in [0.15, 0.2) is 60.7 Å². The van der Waals surface area contributed by atoms with Crippen LogP contribution in [0.3, 0.4) is 0 Å². The van der Waals surface area contributed by atoms with E-state index in [2.05, 4.69) is 16.0 Å². The van der Waals surface area contributed by atoms with Crippen LogP contribution in [0.25, 0.3) is 0 Å². The lowest BCUT2D eigenvalue weighted by Crippen LogP contribution is -2.53. The standard InChI is InChI=1S/C20H30N2O5.C13H17NO4.C7H15NO2/c1-13(2)16(17(23)21-14(3)18(24)27-20(4,5)6)22-19(25)26-12-15-10-8-7-9-11-15;1-9(2)11(12(15)16)14-13(17)18-8-10-6-4-3-5-7-10;1-5(8)6(9)10-7(2,3)4/h7-11,13-14,16H,12H2,1-6H3,(H,21,23)(H,22,25);3-7,9,11H,8H2,1-2H3,(H,14,17)(H,15,16);5H,8H2,1-4H3/t14-,16-;11-;5-/m000/s1. The van der Waals surface area contributed by atoms with E-state index in [4.69, 9.17) is 29.8 Å². The van der Waals surface area contributed by atoms with E-state index in [9.17, 15) is 28.8 Å². The molecule has 15 nitrogen and oxygen atoms in total. The average molecular weight is 775 g/mol. The second-order valence-corrected chi connectivity index (χ2v) is 15.3. The minimum Gasteiger partial charge on any atom is -0.480 e. The van der Waals surface area contributed by atoms with E-state index < -0.39 is 65.4 Å². The van der Waals surface area contributed by atoms with Crippen LogP contribution in [0.4, 0.5) is 9.59 Å². The van der Waals surface area contributed by atoms with Crippen molar-refractivity contribution in [3.63, 3.8) is 0 Å². The first-order valence-electron chi connectivity index (χ1n) is 18.0. The highest BCUT2D eigenvalue weighted by atomic mass is 16.6. The number of carboxylic acids is 1. The molecule has 55 heavy (non-hydrogen) atoms. The molecule has 308 valence electrons. The molecule has 15 heteroatoms. The number of nitrogens with one attached hydrogen (secondary N) is 3. The molecule has 3 amide bonds. The number of esters is 2. The van der Waals surface area contributed by atoms with Crippen LogP contribution < -0.4 is 21.7 Å². The summed E-state index contributed by atoms with van der Waals surface area (Å²) in [6.45, 7) is 21.1. The predicted molar refractivity (Wildman–Crippen MR) is 207 cm³/mol. The van der Waals surface area contributed by atoms with Gasteiger partial charge in [0.25, 0.3) is 0 Å². The Morgan fingerprint density at radius 1 is 0.600 bits per heavy atom. The maximum absolute atomic E-state index is 12.5. The summed E-state index contributed by atoms with van der Waals surface area (Å²) in [6, 6.07) is 15.3. The van der Waals surface area contributed by atoms with Crippen molar-refractivity contribution in [2.75, 3.05) is 0 Å². The third-order valence-corrected chi connectivity index (χ3v) is 6.75. The van der Waals surface area contributed by atoms with Crippen molar-refractivity contribution >= 4 is 36.0 Å². The number of benzene rings is 2. The SMILES string of the molecule is CC(C)[C@H](NC(=O)OCc1ccccc1)C(=O)N[C@@H](C)C(=O)OC(C)(C)C.CC(C)[C@H](NC(=O)OCc1ccccc1)C(=O)O.C[C@H](N)C(=O)OC(C)(C)C. The van der Waals surface area contributed by atoms with Crippen LogP contribution in [-0.2, 0) is 51.3 Å². The summed E-state index contributed by atoms with van der Waals surface area (Å²) in [5.41, 5.74) is 5.89. The molecule has 0 saturated heterocycles. The molecule has 0 aromatic heterocycles. The van der Waals surface area contributed by atoms with Gasteiger partial charge in [0.15, 0.2) is 0 Å². The van der Waals surface area contributed by atoms with E-state index in [-0.39, 0.29) is 31.0 Å². The van der Waals surface area contributed by atoms with Gasteiger partial charge in [0.1, 0.15) is 48.6 Å². The number of hydrogen-bond acceptors (Lipinski definition) is 11. The second kappa shape index (κ2) is 24.3. The quantitative estimate of drug-likeness (QED) is 0.126. The van der Waals surface area contributed by atoms with Crippen LogP contribution in [0, 0.1) is 11.8 Å². The van der Waals surface area contributed by atoms with Gasteiger partial charge in [0, 0.05) is 0 Å². The predicted octanol–water partition coefficient (Wildman–Crippen LogP) is 5.48. The number of nitrogens with two attached hydrogens (primary N) is 1. The summed E-state index contributed by atoms with van der Waals surface area (Å²) in [5, 5.41) is 16.4. The second-order valence-electron chi connectivity index (χ2n) is 15.3. The molecule has 0 radical (unpaired) electrons. The number of carbonyl (C=O) groups is 6. The smallest absolute Gasteiger partial charge is 0.408 e.